The Balaban J connectivity index is 3.08. The van der Waals surface area contributed by atoms with E-state index in [1.54, 1.807) is 0 Å². The summed E-state index contributed by atoms with van der Waals surface area (Å²) in [6.07, 6.45) is -2.56. The fraction of sp³-hybridized carbons (Fsp3) is 1.00. The number of nitrogens with zero attached hydrogens (tertiary/aromatic N) is 7. The maximum absolute atomic E-state index is 10.2. The monoisotopic (exact) mass is 239 g/mol. The van der Waals surface area contributed by atoms with Crippen molar-refractivity contribution in [2.24, 2.45) is 0 Å². The quantitative estimate of drug-likeness (QED) is 0.385. The Morgan fingerprint density at radius 2 is 1.12 bits per heavy atom. The second-order valence-corrected chi connectivity index (χ2v) is 2.25. The highest BCUT2D eigenvalue weighted by molar-refractivity contribution is 4.49. The van der Waals surface area contributed by atoms with Crippen molar-refractivity contribution in [1.82, 2.24) is 15.5 Å². The molecule has 0 N–H and O–H groups in total. The average molecular weight is 239 g/mol. The summed E-state index contributed by atoms with van der Waals surface area (Å²) in [6, 6.07) is 0. The molecule has 15 heteroatoms. The van der Waals surface area contributed by atoms with Crippen molar-refractivity contribution < 1.29 is 20.0 Å². The van der Waals surface area contributed by atoms with Gasteiger partial charge in [-0.05, 0) is 0 Å². The molecule has 1 aliphatic rings. The Bertz CT molecular complexity index is 297. The van der Waals surface area contributed by atoms with Crippen molar-refractivity contribution in [2.45, 2.75) is 6.29 Å². The fourth-order valence-corrected chi connectivity index (χ4v) is 0.941. The minimum atomic E-state index is -2.56. The van der Waals surface area contributed by atoms with Crippen molar-refractivity contribution in [2.75, 3.05) is 0 Å². The van der Waals surface area contributed by atoms with E-state index in [4.69, 9.17) is 0 Å². The van der Waals surface area contributed by atoms with Crippen LogP contribution < -0.4 is 0 Å². The first-order valence-corrected chi connectivity index (χ1v) is 3.24. The maximum Gasteiger partial charge on any atom is 0.520 e. The predicted molar refractivity (Wildman–Crippen MR) is 37.3 cm³/mol. The van der Waals surface area contributed by atoms with Crippen molar-refractivity contribution in [3.8, 4) is 0 Å². The Morgan fingerprint density at radius 1 is 0.750 bits per heavy atom. The standard InChI is InChI=1S/CHN7O8/c9-4(10)1-2(6(11)12)5(8(15)16)3(1)7(13)14/h1H. The predicted octanol–water partition coefficient (Wildman–Crippen LogP) is -2.13. The Labute approximate surface area is 83.5 Å². The zero-order chi connectivity index (χ0) is 12.6. The molecule has 0 bridgehead atoms. The van der Waals surface area contributed by atoms with Gasteiger partial charge in [-0.1, -0.05) is 0 Å². The first-order chi connectivity index (χ1) is 7.29. The number of hydrogen-bond donors (Lipinski definition) is 0. The number of nitro groups is 4. The summed E-state index contributed by atoms with van der Waals surface area (Å²) in [5, 5.41) is 34.4. The van der Waals surface area contributed by atoms with Crippen LogP contribution in [-0.4, -0.2) is 41.8 Å². The zero-order valence-electron chi connectivity index (χ0n) is 6.97. The lowest BCUT2D eigenvalue weighted by atomic mass is 10.8. The van der Waals surface area contributed by atoms with Crippen molar-refractivity contribution >= 4 is 0 Å². The lowest BCUT2D eigenvalue weighted by Crippen LogP contribution is -2.81. The minimum absolute atomic E-state index is 0.594. The topological polar surface area (TPSA) is 182 Å². The van der Waals surface area contributed by atoms with Crippen molar-refractivity contribution in [1.29, 1.82) is 0 Å². The second kappa shape index (κ2) is 3.29. The van der Waals surface area contributed by atoms with Crippen LogP contribution in [0.4, 0.5) is 0 Å². The van der Waals surface area contributed by atoms with Gasteiger partial charge in [0.1, 0.15) is 0 Å². The molecule has 0 unspecified atom stereocenters. The number of hydrazine groups is 5. The molecule has 0 aromatic carbocycles. The van der Waals surface area contributed by atoms with E-state index in [1.165, 1.54) is 0 Å². The Hall–Kier alpha value is -3.00. The largest absolute Gasteiger partial charge is 0.520 e. The third kappa shape index (κ3) is 1.31. The lowest BCUT2D eigenvalue weighted by molar-refractivity contribution is -1.03. The molecule has 0 saturated carbocycles. The van der Waals surface area contributed by atoms with Crippen molar-refractivity contribution in [3.63, 3.8) is 0 Å². The molecule has 15 nitrogen and oxygen atoms in total. The summed E-state index contributed by atoms with van der Waals surface area (Å²) < 4.78 is 0. The van der Waals surface area contributed by atoms with Crippen LogP contribution in [0.15, 0.2) is 0 Å². The molecule has 0 amide bonds. The van der Waals surface area contributed by atoms with Crippen LogP contribution in [0.2, 0.25) is 0 Å². The van der Waals surface area contributed by atoms with Gasteiger partial charge in [-0.25, -0.2) is 30.3 Å². The molecule has 1 heterocycles. The van der Waals surface area contributed by atoms with Gasteiger partial charge in [0, 0.05) is 0 Å². The van der Waals surface area contributed by atoms with Gasteiger partial charge in [-0.3, -0.25) is 10.1 Å². The molecule has 0 atom stereocenters. The highest BCUT2D eigenvalue weighted by Gasteiger charge is 2.76. The van der Waals surface area contributed by atoms with Crippen LogP contribution >= 0.6 is 0 Å². The van der Waals surface area contributed by atoms with Gasteiger partial charge >= 0.3 is 6.29 Å². The Morgan fingerprint density at radius 3 is 1.31 bits per heavy atom. The van der Waals surface area contributed by atoms with Crippen molar-refractivity contribution in [3.05, 3.63) is 40.5 Å². The highest BCUT2D eigenvalue weighted by Crippen LogP contribution is 2.25. The van der Waals surface area contributed by atoms with E-state index in [-0.39, 0.29) is 0 Å². The molecule has 0 aromatic rings. The van der Waals surface area contributed by atoms with Crippen LogP contribution in [0.3, 0.4) is 0 Å². The molecule has 1 saturated heterocycles. The molecule has 0 aliphatic carbocycles. The molecule has 0 aromatic heterocycles. The zero-order valence-corrected chi connectivity index (χ0v) is 6.97. The van der Waals surface area contributed by atoms with E-state index in [0.29, 0.717) is 0 Å². The van der Waals surface area contributed by atoms with Crippen LogP contribution in [0.25, 0.3) is 0 Å². The smallest absolute Gasteiger partial charge is 0.260 e. The minimum Gasteiger partial charge on any atom is -0.260 e. The van der Waals surface area contributed by atoms with Gasteiger partial charge in [0.25, 0.3) is 0 Å². The normalized spacial score (nSPS) is 15.6. The average Bonchev–Trinajstić information content (AvgIpc) is 1.97. The first kappa shape index (κ1) is 11.1. The SMILES string of the molecule is O=[N+]([O-])C1N([N+](=O)[O-])N([N+](=O)[O-])N1[N+](=O)[O-]. The summed E-state index contributed by atoms with van der Waals surface area (Å²) in [5.41, 5.74) is 0. The highest BCUT2D eigenvalue weighted by atomic mass is 16.8. The molecule has 1 fully saturated rings. The molecular formula is CHN7O8. The van der Waals surface area contributed by atoms with E-state index >= 15 is 0 Å². The van der Waals surface area contributed by atoms with Gasteiger partial charge in [-0.2, -0.15) is 0 Å². The summed E-state index contributed by atoms with van der Waals surface area (Å²) >= 11 is 0. The van der Waals surface area contributed by atoms with Gasteiger partial charge < -0.3 is 0 Å². The van der Waals surface area contributed by atoms with E-state index in [0.717, 1.165) is 0 Å². The molecule has 1 aliphatic heterocycles. The van der Waals surface area contributed by atoms with Crippen LogP contribution in [-0.2, 0) is 0 Å². The fourth-order valence-electron chi connectivity index (χ4n) is 0.941. The van der Waals surface area contributed by atoms with Gasteiger partial charge in [0.05, 0.1) is 4.92 Å². The molecule has 88 valence electrons. The molecule has 0 spiro atoms. The summed E-state index contributed by atoms with van der Waals surface area (Å²) in [7, 11) is 0. The van der Waals surface area contributed by atoms with Gasteiger partial charge in [0.2, 0.25) is 10.3 Å². The third-order valence-electron chi connectivity index (χ3n) is 1.45. The van der Waals surface area contributed by atoms with E-state index in [1.807, 2.05) is 0 Å². The Kier molecular flexibility index (Phi) is 2.28. The van der Waals surface area contributed by atoms with Gasteiger partial charge in [0.15, 0.2) is 20.3 Å². The summed E-state index contributed by atoms with van der Waals surface area (Å²) in [6.45, 7) is 0. The summed E-state index contributed by atoms with van der Waals surface area (Å²) in [4.78, 5) is 39.5. The number of hydrogen-bond acceptors (Lipinski definition) is 8. The maximum atomic E-state index is 10.2. The van der Waals surface area contributed by atoms with E-state index < -0.39 is 41.8 Å². The second-order valence-electron chi connectivity index (χ2n) is 2.25. The van der Waals surface area contributed by atoms with Crippen LogP contribution in [0.5, 0.6) is 0 Å². The van der Waals surface area contributed by atoms with E-state index in [9.17, 15) is 40.5 Å². The molecule has 1 rings (SSSR count). The lowest BCUT2D eigenvalue weighted by Gasteiger charge is -2.31. The first-order valence-electron chi connectivity index (χ1n) is 3.24. The number of rotatable bonds is 4. The summed E-state index contributed by atoms with van der Waals surface area (Å²) in [5.74, 6) is 0. The van der Waals surface area contributed by atoms with Crippen LogP contribution in [0.1, 0.15) is 0 Å². The third-order valence-corrected chi connectivity index (χ3v) is 1.45. The van der Waals surface area contributed by atoms with Gasteiger partial charge in [-0.15, -0.1) is 0 Å². The van der Waals surface area contributed by atoms with Crippen LogP contribution in [0, 0.1) is 40.5 Å². The molecule has 16 heavy (non-hydrogen) atoms. The molecule has 0 radical (unpaired) electrons. The molecular weight excluding hydrogens is 238 g/mol. The van der Waals surface area contributed by atoms with E-state index in [2.05, 4.69) is 0 Å².